The monoisotopic (exact) mass is 176 g/mol. The van der Waals surface area contributed by atoms with E-state index in [0.717, 1.165) is 17.6 Å². The maximum atomic E-state index is 10.3. The molecule has 0 unspecified atom stereocenters. The highest BCUT2D eigenvalue weighted by atomic mass is 16.5. The van der Waals surface area contributed by atoms with Gasteiger partial charge in [-0.25, -0.2) is 0 Å². The van der Waals surface area contributed by atoms with Crippen molar-refractivity contribution in [3.8, 4) is 5.75 Å². The van der Waals surface area contributed by atoms with Crippen molar-refractivity contribution in [2.75, 3.05) is 6.61 Å². The Morgan fingerprint density at radius 2 is 2.15 bits per heavy atom. The maximum Gasteiger partial charge on any atom is 0.124 e. The Morgan fingerprint density at radius 3 is 2.85 bits per heavy atom. The Labute approximate surface area is 77.8 Å². The third-order valence-electron chi connectivity index (χ3n) is 1.63. The lowest BCUT2D eigenvalue weighted by Crippen LogP contribution is -1.97. The minimum absolute atomic E-state index is 0.396. The lowest BCUT2D eigenvalue weighted by molar-refractivity contribution is -0.107. The van der Waals surface area contributed by atoms with Crippen molar-refractivity contribution in [3.63, 3.8) is 0 Å². The molecule has 0 heterocycles. The second kappa shape index (κ2) is 5.14. The van der Waals surface area contributed by atoms with Crippen LogP contribution in [0.25, 0.3) is 0 Å². The highest BCUT2D eigenvalue weighted by Crippen LogP contribution is 2.17. The fourth-order valence-corrected chi connectivity index (χ4v) is 1.05. The third-order valence-corrected chi connectivity index (χ3v) is 1.63. The Bertz CT molecular complexity index is 292. The van der Waals surface area contributed by atoms with Gasteiger partial charge in [-0.3, -0.25) is 0 Å². The molecule has 1 aromatic carbocycles. The summed E-state index contributed by atoms with van der Waals surface area (Å²) in [6.45, 7) is 4.02. The van der Waals surface area contributed by atoms with E-state index in [1.54, 1.807) is 6.08 Å². The van der Waals surface area contributed by atoms with Crippen LogP contribution in [0.5, 0.6) is 5.75 Å². The highest BCUT2D eigenvalue weighted by molar-refractivity contribution is 5.57. The van der Waals surface area contributed by atoms with Gasteiger partial charge in [-0.2, -0.15) is 0 Å². The Balaban J connectivity index is 2.77. The molecule has 13 heavy (non-hydrogen) atoms. The van der Waals surface area contributed by atoms with E-state index in [1.807, 2.05) is 24.3 Å². The first-order chi connectivity index (χ1) is 6.38. The summed E-state index contributed by atoms with van der Waals surface area (Å²) >= 11 is 0. The highest BCUT2D eigenvalue weighted by Gasteiger charge is 2.00. The minimum Gasteiger partial charge on any atom is -0.489 e. The van der Waals surface area contributed by atoms with E-state index in [1.165, 1.54) is 0 Å². The van der Waals surface area contributed by atoms with Crippen LogP contribution in [-0.4, -0.2) is 12.9 Å². The molecule has 0 aromatic heterocycles. The maximum absolute atomic E-state index is 10.3. The van der Waals surface area contributed by atoms with E-state index in [0.29, 0.717) is 13.0 Å². The SMILES string of the molecule is C=CCOc1ccccc1CC=O. The topological polar surface area (TPSA) is 26.3 Å². The van der Waals surface area contributed by atoms with Crippen molar-refractivity contribution in [2.45, 2.75) is 6.42 Å². The predicted molar refractivity (Wildman–Crippen MR) is 51.9 cm³/mol. The van der Waals surface area contributed by atoms with Crippen LogP contribution in [0.15, 0.2) is 36.9 Å². The summed E-state index contributed by atoms with van der Waals surface area (Å²) in [5, 5.41) is 0. The molecule has 2 nitrogen and oxygen atoms in total. The van der Waals surface area contributed by atoms with E-state index in [4.69, 9.17) is 4.74 Å². The number of aldehydes is 1. The summed E-state index contributed by atoms with van der Waals surface area (Å²) in [4.78, 5) is 10.3. The molecule has 0 aliphatic heterocycles. The molecule has 0 aliphatic carbocycles. The number of hydrogen-bond donors (Lipinski definition) is 0. The first kappa shape index (κ1) is 9.52. The van der Waals surface area contributed by atoms with Gasteiger partial charge in [0.25, 0.3) is 0 Å². The van der Waals surface area contributed by atoms with Crippen LogP contribution in [0.4, 0.5) is 0 Å². The average Bonchev–Trinajstić information content (AvgIpc) is 2.17. The molecule has 0 atom stereocenters. The summed E-state index contributed by atoms with van der Waals surface area (Å²) in [5.41, 5.74) is 0.916. The lowest BCUT2D eigenvalue weighted by atomic mass is 10.1. The third kappa shape index (κ3) is 2.75. The Hall–Kier alpha value is -1.57. The van der Waals surface area contributed by atoms with Crippen molar-refractivity contribution in [1.29, 1.82) is 0 Å². The van der Waals surface area contributed by atoms with Gasteiger partial charge in [0.05, 0.1) is 0 Å². The molecule has 2 heteroatoms. The number of para-hydroxylation sites is 1. The normalized spacial score (nSPS) is 9.23. The fraction of sp³-hybridized carbons (Fsp3) is 0.182. The van der Waals surface area contributed by atoms with Gasteiger partial charge in [0.2, 0.25) is 0 Å². The second-order valence-corrected chi connectivity index (χ2v) is 2.58. The molecule has 1 rings (SSSR count). The number of rotatable bonds is 5. The average molecular weight is 176 g/mol. The molecular formula is C11H12O2. The van der Waals surface area contributed by atoms with Crippen LogP contribution in [0.3, 0.4) is 0 Å². The standard InChI is InChI=1S/C11H12O2/c1-2-9-13-11-6-4-3-5-10(11)7-8-12/h2-6,8H,1,7,9H2. The summed E-state index contributed by atoms with van der Waals surface area (Å²) in [6, 6.07) is 7.50. The van der Waals surface area contributed by atoms with Crippen LogP contribution in [0.1, 0.15) is 5.56 Å². The molecule has 0 amide bonds. The Morgan fingerprint density at radius 1 is 1.38 bits per heavy atom. The van der Waals surface area contributed by atoms with Gasteiger partial charge in [0.15, 0.2) is 0 Å². The van der Waals surface area contributed by atoms with Crippen molar-refractivity contribution < 1.29 is 9.53 Å². The Kier molecular flexibility index (Phi) is 3.76. The zero-order chi connectivity index (χ0) is 9.52. The van der Waals surface area contributed by atoms with Crippen molar-refractivity contribution in [2.24, 2.45) is 0 Å². The molecule has 0 saturated heterocycles. The first-order valence-electron chi connectivity index (χ1n) is 4.13. The van der Waals surface area contributed by atoms with Gasteiger partial charge in [-0.15, -0.1) is 0 Å². The van der Waals surface area contributed by atoms with Crippen LogP contribution in [-0.2, 0) is 11.2 Å². The van der Waals surface area contributed by atoms with Crippen LogP contribution >= 0.6 is 0 Å². The largest absolute Gasteiger partial charge is 0.489 e. The molecule has 0 radical (unpaired) electrons. The lowest BCUT2D eigenvalue weighted by Gasteiger charge is -2.06. The molecule has 0 saturated carbocycles. The fourth-order valence-electron chi connectivity index (χ4n) is 1.05. The molecule has 0 bridgehead atoms. The van der Waals surface area contributed by atoms with Crippen molar-refractivity contribution in [1.82, 2.24) is 0 Å². The van der Waals surface area contributed by atoms with Crippen LogP contribution < -0.4 is 4.74 Å². The molecule has 68 valence electrons. The summed E-state index contributed by atoms with van der Waals surface area (Å²) in [7, 11) is 0. The number of ether oxygens (including phenoxy) is 1. The molecule has 0 fully saturated rings. The number of carbonyl (C=O) groups excluding carboxylic acids is 1. The smallest absolute Gasteiger partial charge is 0.124 e. The second-order valence-electron chi connectivity index (χ2n) is 2.58. The molecule has 0 N–H and O–H groups in total. The minimum atomic E-state index is 0.396. The molecule has 0 spiro atoms. The van der Waals surface area contributed by atoms with E-state index in [2.05, 4.69) is 6.58 Å². The zero-order valence-electron chi connectivity index (χ0n) is 7.40. The van der Waals surface area contributed by atoms with Crippen LogP contribution in [0.2, 0.25) is 0 Å². The summed E-state index contributed by atoms with van der Waals surface area (Å²) < 4.78 is 5.36. The van der Waals surface area contributed by atoms with Crippen LogP contribution in [0, 0.1) is 0 Å². The van der Waals surface area contributed by atoms with Gasteiger partial charge in [0.1, 0.15) is 18.6 Å². The molecule has 0 aliphatic rings. The van der Waals surface area contributed by atoms with Gasteiger partial charge in [-0.05, 0) is 6.07 Å². The summed E-state index contributed by atoms with van der Waals surface area (Å²) in [6.07, 6.45) is 2.95. The number of hydrogen-bond acceptors (Lipinski definition) is 2. The van der Waals surface area contributed by atoms with E-state index >= 15 is 0 Å². The van der Waals surface area contributed by atoms with E-state index in [9.17, 15) is 4.79 Å². The molecule has 1 aromatic rings. The quantitative estimate of drug-likeness (QED) is 0.506. The number of benzene rings is 1. The van der Waals surface area contributed by atoms with Gasteiger partial charge < -0.3 is 9.53 Å². The van der Waals surface area contributed by atoms with Crippen molar-refractivity contribution >= 4 is 6.29 Å². The summed E-state index contributed by atoms with van der Waals surface area (Å²) in [5.74, 6) is 0.759. The van der Waals surface area contributed by atoms with E-state index < -0.39 is 0 Å². The molecular weight excluding hydrogens is 164 g/mol. The predicted octanol–water partition coefficient (Wildman–Crippen LogP) is 1.99. The zero-order valence-corrected chi connectivity index (χ0v) is 7.40. The van der Waals surface area contributed by atoms with E-state index in [-0.39, 0.29) is 0 Å². The van der Waals surface area contributed by atoms with Gasteiger partial charge in [-0.1, -0.05) is 30.9 Å². The van der Waals surface area contributed by atoms with Crippen molar-refractivity contribution in [3.05, 3.63) is 42.5 Å². The van der Waals surface area contributed by atoms with Gasteiger partial charge >= 0.3 is 0 Å². The first-order valence-corrected chi connectivity index (χ1v) is 4.13. The number of carbonyl (C=O) groups is 1. The van der Waals surface area contributed by atoms with Gasteiger partial charge in [0, 0.05) is 12.0 Å².